The fraction of sp³-hybridized carbons (Fsp3) is 0.650. The molecule has 4 rings (SSSR count). The van der Waals surface area contributed by atoms with Crippen LogP contribution in [0.1, 0.15) is 70.2 Å². The number of hydrogen-bond donors (Lipinski definition) is 2. The normalized spacial score (nSPS) is 16.3. The molecule has 0 bridgehead atoms. The molecule has 10 nitrogen and oxygen atoms in total. The lowest BCUT2D eigenvalue weighted by Crippen LogP contribution is -2.35. The van der Waals surface area contributed by atoms with Gasteiger partial charge in [-0.15, -0.1) is 0 Å². The molecule has 2 aliphatic rings. The van der Waals surface area contributed by atoms with Gasteiger partial charge in [-0.2, -0.15) is 10.2 Å². The molecule has 170 valence electrons. The monoisotopic (exact) mass is 450 g/mol. The average molecular weight is 451 g/mol. The van der Waals surface area contributed by atoms with Crippen molar-refractivity contribution in [2.45, 2.75) is 76.8 Å². The number of carbonyl (C=O) groups excluding carboxylic acids is 1. The standard InChI is InChI=1S/C20H30N6O4S/c1-12(2)16-17(18(13(3)4)26(23-16)11-14-6-7-14)22-20(27)24-31(28,29)15-10-21-25-8-5-9-30-19(15)25/h10,12-14H,5-9,11H2,1-4H3,(H2,22,24,27). The second-order valence-corrected chi connectivity index (χ2v) is 10.5. The van der Waals surface area contributed by atoms with Crippen LogP contribution in [-0.2, 0) is 23.1 Å². The number of fused-ring (bicyclic) bond motifs is 1. The van der Waals surface area contributed by atoms with Crippen LogP contribution in [0.25, 0.3) is 0 Å². The van der Waals surface area contributed by atoms with E-state index < -0.39 is 16.1 Å². The molecule has 31 heavy (non-hydrogen) atoms. The van der Waals surface area contributed by atoms with E-state index in [1.807, 2.05) is 32.4 Å². The van der Waals surface area contributed by atoms with E-state index in [4.69, 9.17) is 9.84 Å². The van der Waals surface area contributed by atoms with Crippen molar-refractivity contribution in [3.05, 3.63) is 17.6 Å². The summed E-state index contributed by atoms with van der Waals surface area (Å²) in [6.07, 6.45) is 4.34. The SMILES string of the molecule is CC(C)c1nn(CC2CC2)c(C(C)C)c1NC(=O)NS(=O)(=O)c1cnn2c1OCCC2. The van der Waals surface area contributed by atoms with Gasteiger partial charge in [-0.3, -0.25) is 4.68 Å². The van der Waals surface area contributed by atoms with Gasteiger partial charge in [0.25, 0.3) is 10.0 Å². The van der Waals surface area contributed by atoms with Crippen LogP contribution in [0.15, 0.2) is 11.1 Å². The van der Waals surface area contributed by atoms with Crippen molar-refractivity contribution < 1.29 is 17.9 Å². The molecule has 2 aromatic heterocycles. The van der Waals surface area contributed by atoms with Crippen LogP contribution in [0.5, 0.6) is 5.88 Å². The zero-order valence-corrected chi connectivity index (χ0v) is 19.2. The number of anilines is 1. The van der Waals surface area contributed by atoms with Crippen molar-refractivity contribution in [1.82, 2.24) is 24.3 Å². The molecule has 0 atom stereocenters. The van der Waals surface area contributed by atoms with Gasteiger partial charge in [0.2, 0.25) is 5.88 Å². The number of sulfonamides is 1. The summed E-state index contributed by atoms with van der Waals surface area (Å²) in [6, 6.07) is -0.828. The first-order chi connectivity index (χ1) is 14.7. The van der Waals surface area contributed by atoms with E-state index in [2.05, 4.69) is 15.1 Å². The Kier molecular flexibility index (Phi) is 5.71. The first-order valence-corrected chi connectivity index (χ1v) is 12.3. The van der Waals surface area contributed by atoms with Gasteiger partial charge in [0.1, 0.15) is 0 Å². The summed E-state index contributed by atoms with van der Waals surface area (Å²) in [5, 5.41) is 11.6. The third kappa shape index (κ3) is 4.41. The minimum Gasteiger partial charge on any atom is -0.477 e. The average Bonchev–Trinajstić information content (AvgIpc) is 3.25. The van der Waals surface area contributed by atoms with Crippen molar-refractivity contribution in [3.8, 4) is 5.88 Å². The van der Waals surface area contributed by atoms with E-state index in [0.29, 0.717) is 24.8 Å². The maximum Gasteiger partial charge on any atom is 0.333 e. The van der Waals surface area contributed by atoms with Gasteiger partial charge in [0.05, 0.1) is 29.9 Å². The molecule has 1 saturated carbocycles. The van der Waals surface area contributed by atoms with E-state index in [-0.39, 0.29) is 22.6 Å². The van der Waals surface area contributed by atoms with Gasteiger partial charge in [-0.1, -0.05) is 27.7 Å². The predicted molar refractivity (Wildman–Crippen MR) is 115 cm³/mol. The number of aromatic nitrogens is 4. The summed E-state index contributed by atoms with van der Waals surface area (Å²) in [5.41, 5.74) is 2.25. The van der Waals surface area contributed by atoms with Gasteiger partial charge in [0.15, 0.2) is 4.90 Å². The fourth-order valence-electron chi connectivity index (χ4n) is 3.84. The number of nitrogens with one attached hydrogen (secondary N) is 2. The Morgan fingerprint density at radius 2 is 2.00 bits per heavy atom. The molecule has 2 amide bonds. The molecule has 0 radical (unpaired) electrons. The van der Waals surface area contributed by atoms with Gasteiger partial charge >= 0.3 is 6.03 Å². The van der Waals surface area contributed by atoms with Gasteiger partial charge in [0, 0.05) is 19.5 Å². The third-order valence-electron chi connectivity index (χ3n) is 5.51. The zero-order valence-electron chi connectivity index (χ0n) is 18.4. The number of carbonyl (C=O) groups is 1. The Bertz CT molecular complexity index is 1080. The number of urea groups is 1. The van der Waals surface area contributed by atoms with E-state index in [1.54, 1.807) is 0 Å². The minimum atomic E-state index is -4.14. The Hall–Kier alpha value is -2.56. The Labute approximate surface area is 182 Å². The van der Waals surface area contributed by atoms with Gasteiger partial charge < -0.3 is 10.1 Å². The predicted octanol–water partition coefficient (Wildman–Crippen LogP) is 3.03. The second kappa shape index (κ2) is 8.18. The summed E-state index contributed by atoms with van der Waals surface area (Å²) >= 11 is 0. The maximum atomic E-state index is 12.8. The Morgan fingerprint density at radius 1 is 1.26 bits per heavy atom. The molecular weight excluding hydrogens is 420 g/mol. The molecule has 1 aliphatic heterocycles. The molecular formula is C20H30N6O4S. The van der Waals surface area contributed by atoms with Crippen LogP contribution in [0, 0.1) is 5.92 Å². The van der Waals surface area contributed by atoms with Gasteiger partial charge in [-0.05, 0) is 30.6 Å². The third-order valence-corrected chi connectivity index (χ3v) is 6.82. The molecule has 1 aliphatic carbocycles. The lowest BCUT2D eigenvalue weighted by atomic mass is 10.0. The zero-order chi connectivity index (χ0) is 22.3. The fourth-order valence-corrected chi connectivity index (χ4v) is 4.83. The van der Waals surface area contributed by atoms with Crippen LogP contribution < -0.4 is 14.8 Å². The van der Waals surface area contributed by atoms with E-state index in [0.717, 1.165) is 24.4 Å². The van der Waals surface area contributed by atoms with Crippen molar-refractivity contribution in [3.63, 3.8) is 0 Å². The van der Waals surface area contributed by atoms with E-state index in [1.165, 1.54) is 23.7 Å². The molecule has 2 aromatic rings. The van der Waals surface area contributed by atoms with E-state index >= 15 is 0 Å². The molecule has 3 heterocycles. The quantitative estimate of drug-likeness (QED) is 0.669. The van der Waals surface area contributed by atoms with Crippen molar-refractivity contribution in [2.75, 3.05) is 11.9 Å². The highest BCUT2D eigenvalue weighted by Gasteiger charge is 2.31. The molecule has 2 N–H and O–H groups in total. The summed E-state index contributed by atoms with van der Waals surface area (Å²) in [4.78, 5) is 12.6. The van der Waals surface area contributed by atoms with E-state index in [9.17, 15) is 13.2 Å². The number of rotatable bonds is 7. The van der Waals surface area contributed by atoms with Gasteiger partial charge in [-0.25, -0.2) is 22.6 Å². The van der Waals surface area contributed by atoms with Crippen LogP contribution in [-0.4, -0.2) is 40.6 Å². The molecule has 0 unspecified atom stereocenters. The smallest absolute Gasteiger partial charge is 0.333 e. The minimum absolute atomic E-state index is 0.0703. The van der Waals surface area contributed by atoms with Crippen LogP contribution in [0.3, 0.4) is 0 Å². The summed E-state index contributed by atoms with van der Waals surface area (Å²) < 4.78 is 36.7. The van der Waals surface area contributed by atoms with Crippen LogP contribution >= 0.6 is 0 Å². The summed E-state index contributed by atoms with van der Waals surface area (Å²) in [5.74, 6) is 0.963. The highest BCUT2D eigenvalue weighted by Crippen LogP contribution is 2.36. The number of nitrogens with zero attached hydrogens (tertiary/aromatic N) is 4. The highest BCUT2D eigenvalue weighted by atomic mass is 32.2. The molecule has 0 spiro atoms. The lowest BCUT2D eigenvalue weighted by molar-refractivity contribution is 0.224. The van der Waals surface area contributed by atoms with Crippen molar-refractivity contribution in [2.24, 2.45) is 5.92 Å². The molecule has 0 saturated heterocycles. The number of amides is 2. The Morgan fingerprint density at radius 3 is 2.65 bits per heavy atom. The molecule has 11 heteroatoms. The topological polar surface area (TPSA) is 120 Å². The first-order valence-electron chi connectivity index (χ1n) is 10.8. The summed E-state index contributed by atoms with van der Waals surface area (Å²) in [7, 11) is -4.14. The lowest BCUT2D eigenvalue weighted by Gasteiger charge is -2.17. The number of ether oxygens (including phenoxy) is 1. The number of aryl methyl sites for hydroxylation is 1. The molecule has 0 aromatic carbocycles. The second-order valence-electron chi connectivity index (χ2n) is 8.88. The van der Waals surface area contributed by atoms with Crippen LogP contribution in [0.2, 0.25) is 0 Å². The Balaban J connectivity index is 1.59. The number of hydrogen-bond acceptors (Lipinski definition) is 6. The largest absolute Gasteiger partial charge is 0.477 e. The first kappa shape index (κ1) is 21.7. The highest BCUT2D eigenvalue weighted by molar-refractivity contribution is 7.90. The maximum absolute atomic E-state index is 12.8. The van der Waals surface area contributed by atoms with Crippen LogP contribution in [0.4, 0.5) is 10.5 Å². The van der Waals surface area contributed by atoms with Crippen molar-refractivity contribution >= 4 is 21.7 Å². The molecule has 1 fully saturated rings. The summed E-state index contributed by atoms with van der Waals surface area (Å²) in [6.45, 7) is 9.90. The van der Waals surface area contributed by atoms with Crippen molar-refractivity contribution in [1.29, 1.82) is 0 Å².